The van der Waals surface area contributed by atoms with E-state index >= 15 is 0 Å². The van der Waals surface area contributed by atoms with Gasteiger partial charge in [-0.1, -0.05) is 30.3 Å². The van der Waals surface area contributed by atoms with Crippen molar-refractivity contribution in [1.29, 1.82) is 0 Å². The molecule has 104 valence electrons. The molecule has 20 heavy (non-hydrogen) atoms. The van der Waals surface area contributed by atoms with Gasteiger partial charge in [0.2, 0.25) is 0 Å². The Kier molecular flexibility index (Phi) is 5.24. The minimum Gasteiger partial charge on any atom is -0.496 e. The monoisotopic (exact) mass is 286 g/mol. The van der Waals surface area contributed by atoms with Crippen LogP contribution in [0.3, 0.4) is 0 Å². The zero-order chi connectivity index (χ0) is 14.4. The fraction of sp³-hybridized carbons (Fsp3) is 0.235. The van der Waals surface area contributed by atoms with Crippen molar-refractivity contribution in [3.63, 3.8) is 0 Å². The van der Waals surface area contributed by atoms with E-state index in [0.29, 0.717) is 0 Å². The van der Waals surface area contributed by atoms with Crippen molar-refractivity contribution < 1.29 is 9.53 Å². The third kappa shape index (κ3) is 3.87. The largest absolute Gasteiger partial charge is 0.496 e. The molecule has 0 saturated carbocycles. The van der Waals surface area contributed by atoms with Gasteiger partial charge < -0.3 is 4.74 Å². The number of carbonyl (C=O) groups is 1. The SMILES string of the molecule is COc1ccc(C(C)=O)cc1CSCc1ccccc1. The second-order valence-electron chi connectivity index (χ2n) is 4.56. The Morgan fingerprint density at radius 1 is 1.10 bits per heavy atom. The minimum atomic E-state index is 0.0852. The van der Waals surface area contributed by atoms with E-state index in [1.54, 1.807) is 14.0 Å². The van der Waals surface area contributed by atoms with Crippen molar-refractivity contribution in [2.45, 2.75) is 18.4 Å². The number of rotatable bonds is 6. The van der Waals surface area contributed by atoms with Crippen LogP contribution in [0, 0.1) is 0 Å². The second kappa shape index (κ2) is 7.15. The van der Waals surface area contributed by atoms with E-state index in [4.69, 9.17) is 4.74 Å². The third-order valence-corrected chi connectivity index (χ3v) is 4.11. The average Bonchev–Trinajstić information content (AvgIpc) is 2.48. The van der Waals surface area contributed by atoms with Gasteiger partial charge in [-0.3, -0.25) is 4.79 Å². The summed E-state index contributed by atoms with van der Waals surface area (Å²) in [5.74, 6) is 2.71. The van der Waals surface area contributed by atoms with E-state index < -0.39 is 0 Å². The van der Waals surface area contributed by atoms with Gasteiger partial charge in [0.15, 0.2) is 5.78 Å². The molecule has 0 unspecified atom stereocenters. The van der Waals surface area contributed by atoms with Crippen molar-refractivity contribution in [3.05, 3.63) is 65.2 Å². The molecule has 2 aromatic rings. The number of methoxy groups -OCH3 is 1. The molecule has 0 aromatic heterocycles. The van der Waals surface area contributed by atoms with Gasteiger partial charge >= 0.3 is 0 Å². The van der Waals surface area contributed by atoms with Gasteiger partial charge in [-0.15, -0.1) is 0 Å². The van der Waals surface area contributed by atoms with Gasteiger partial charge in [0.25, 0.3) is 0 Å². The standard InChI is InChI=1S/C17H18O2S/c1-13(18)15-8-9-17(19-2)16(10-15)12-20-11-14-6-4-3-5-7-14/h3-10H,11-12H2,1-2H3. The second-order valence-corrected chi connectivity index (χ2v) is 5.55. The highest BCUT2D eigenvalue weighted by atomic mass is 32.2. The van der Waals surface area contributed by atoms with Gasteiger partial charge in [-0.05, 0) is 30.7 Å². The number of hydrogen-bond donors (Lipinski definition) is 0. The van der Waals surface area contributed by atoms with Crippen LogP contribution in [-0.2, 0) is 11.5 Å². The number of hydrogen-bond acceptors (Lipinski definition) is 3. The predicted octanol–water partition coefficient (Wildman–Crippen LogP) is 4.33. The van der Waals surface area contributed by atoms with Crippen molar-refractivity contribution in [3.8, 4) is 5.75 Å². The van der Waals surface area contributed by atoms with Crippen LogP contribution < -0.4 is 4.74 Å². The highest BCUT2D eigenvalue weighted by molar-refractivity contribution is 7.97. The molecule has 0 N–H and O–H groups in total. The Morgan fingerprint density at radius 3 is 2.50 bits per heavy atom. The van der Waals surface area contributed by atoms with Crippen molar-refractivity contribution in [2.24, 2.45) is 0 Å². The lowest BCUT2D eigenvalue weighted by Crippen LogP contribution is -1.97. The molecule has 0 saturated heterocycles. The van der Waals surface area contributed by atoms with Gasteiger partial charge in [-0.25, -0.2) is 0 Å². The summed E-state index contributed by atoms with van der Waals surface area (Å²) >= 11 is 1.82. The lowest BCUT2D eigenvalue weighted by atomic mass is 10.1. The average molecular weight is 286 g/mol. The summed E-state index contributed by atoms with van der Waals surface area (Å²) in [6, 6.07) is 16.0. The summed E-state index contributed by atoms with van der Waals surface area (Å²) in [6.45, 7) is 1.59. The van der Waals surface area contributed by atoms with Crippen molar-refractivity contribution >= 4 is 17.5 Å². The van der Waals surface area contributed by atoms with Crippen LogP contribution in [0.5, 0.6) is 5.75 Å². The topological polar surface area (TPSA) is 26.3 Å². The van der Waals surface area contributed by atoms with Gasteiger partial charge in [0.1, 0.15) is 5.75 Å². The van der Waals surface area contributed by atoms with Gasteiger partial charge in [-0.2, -0.15) is 11.8 Å². The normalized spacial score (nSPS) is 10.3. The number of ether oxygens (including phenoxy) is 1. The smallest absolute Gasteiger partial charge is 0.159 e. The molecular weight excluding hydrogens is 268 g/mol. The molecular formula is C17H18O2S. The fourth-order valence-electron chi connectivity index (χ4n) is 1.96. The van der Waals surface area contributed by atoms with E-state index in [1.807, 2.05) is 48.2 Å². The maximum absolute atomic E-state index is 11.4. The van der Waals surface area contributed by atoms with Crippen LogP contribution in [0.1, 0.15) is 28.4 Å². The van der Waals surface area contributed by atoms with Gasteiger partial charge in [0.05, 0.1) is 7.11 Å². The maximum atomic E-state index is 11.4. The van der Waals surface area contributed by atoms with Crippen molar-refractivity contribution in [2.75, 3.05) is 7.11 Å². The first-order valence-corrected chi connectivity index (χ1v) is 7.65. The Balaban J connectivity index is 2.04. The molecule has 0 spiro atoms. The number of carbonyl (C=O) groups excluding carboxylic acids is 1. The molecule has 2 rings (SSSR count). The van der Waals surface area contributed by atoms with Crippen LogP contribution in [0.25, 0.3) is 0 Å². The summed E-state index contributed by atoms with van der Waals surface area (Å²) < 4.78 is 5.36. The molecule has 0 radical (unpaired) electrons. The molecule has 0 aliphatic heterocycles. The summed E-state index contributed by atoms with van der Waals surface area (Å²) in [7, 11) is 1.66. The molecule has 0 aliphatic rings. The Labute approximate surface area is 124 Å². The third-order valence-electron chi connectivity index (χ3n) is 3.06. The molecule has 0 bridgehead atoms. The molecule has 0 fully saturated rings. The van der Waals surface area contributed by atoms with Crippen LogP contribution in [0.4, 0.5) is 0 Å². The highest BCUT2D eigenvalue weighted by Crippen LogP contribution is 2.26. The number of benzene rings is 2. The first-order valence-electron chi connectivity index (χ1n) is 6.50. The molecule has 0 aliphatic carbocycles. The van der Waals surface area contributed by atoms with E-state index in [-0.39, 0.29) is 5.78 Å². The maximum Gasteiger partial charge on any atom is 0.159 e. The zero-order valence-corrected chi connectivity index (χ0v) is 12.6. The van der Waals surface area contributed by atoms with Crippen molar-refractivity contribution in [1.82, 2.24) is 0 Å². The summed E-state index contributed by atoms with van der Waals surface area (Å²) in [5.41, 5.74) is 3.11. The molecule has 2 nitrogen and oxygen atoms in total. The Hall–Kier alpha value is -1.74. The number of thioether (sulfide) groups is 1. The Bertz CT molecular complexity index is 579. The molecule has 2 aromatic carbocycles. The van der Waals surface area contributed by atoms with E-state index in [2.05, 4.69) is 12.1 Å². The van der Waals surface area contributed by atoms with E-state index in [1.165, 1.54) is 5.56 Å². The lowest BCUT2D eigenvalue weighted by molar-refractivity contribution is 0.101. The molecule has 0 heterocycles. The first kappa shape index (κ1) is 14.7. The quantitative estimate of drug-likeness (QED) is 0.739. The summed E-state index contributed by atoms with van der Waals surface area (Å²) in [4.78, 5) is 11.4. The van der Waals surface area contributed by atoms with Crippen LogP contribution in [0.2, 0.25) is 0 Å². The Morgan fingerprint density at radius 2 is 1.85 bits per heavy atom. The van der Waals surface area contributed by atoms with Crippen LogP contribution in [-0.4, -0.2) is 12.9 Å². The van der Waals surface area contributed by atoms with Crippen LogP contribution >= 0.6 is 11.8 Å². The lowest BCUT2D eigenvalue weighted by Gasteiger charge is -2.10. The fourth-order valence-corrected chi connectivity index (χ4v) is 2.94. The van der Waals surface area contributed by atoms with E-state index in [9.17, 15) is 4.79 Å². The van der Waals surface area contributed by atoms with Gasteiger partial charge in [0, 0.05) is 22.6 Å². The molecule has 3 heteroatoms. The zero-order valence-electron chi connectivity index (χ0n) is 11.8. The predicted molar refractivity (Wildman–Crippen MR) is 84.4 cm³/mol. The summed E-state index contributed by atoms with van der Waals surface area (Å²) in [6.07, 6.45) is 0. The minimum absolute atomic E-state index is 0.0852. The number of Topliss-reactive ketones (excluding diaryl/α,β-unsaturated/α-hetero) is 1. The molecule has 0 atom stereocenters. The first-order chi connectivity index (χ1) is 9.70. The van der Waals surface area contributed by atoms with E-state index in [0.717, 1.165) is 28.4 Å². The summed E-state index contributed by atoms with van der Waals surface area (Å²) in [5, 5.41) is 0. The molecule has 0 amide bonds. The number of ketones is 1. The van der Waals surface area contributed by atoms with Crippen LogP contribution in [0.15, 0.2) is 48.5 Å². The highest BCUT2D eigenvalue weighted by Gasteiger charge is 2.07.